The van der Waals surface area contributed by atoms with Crippen LogP contribution in [0.4, 0.5) is 0 Å². The van der Waals surface area contributed by atoms with E-state index in [1.165, 1.54) is 55.9 Å². The highest BCUT2D eigenvalue weighted by atomic mass is 35.5. The van der Waals surface area contributed by atoms with E-state index in [-0.39, 0.29) is 0 Å². The lowest BCUT2D eigenvalue weighted by molar-refractivity contribution is 0.432. The number of benzene rings is 2. The maximum absolute atomic E-state index is 6.09. The van der Waals surface area contributed by atoms with Gasteiger partial charge in [-0.3, -0.25) is 0 Å². The molecule has 0 amide bonds. The van der Waals surface area contributed by atoms with Gasteiger partial charge in [0, 0.05) is 47.9 Å². The molecule has 39 heavy (non-hydrogen) atoms. The molecule has 0 N–H and O–H groups in total. The number of piperidine rings is 2. The van der Waals surface area contributed by atoms with Crippen LogP contribution in [0, 0.1) is 0 Å². The van der Waals surface area contributed by atoms with Crippen molar-refractivity contribution >= 4 is 97.9 Å². The monoisotopic (exact) mass is 684 g/mol. The first kappa shape index (κ1) is 27.6. The SMILES string of the molecule is Clc1ccc(-c2cc(=[N+]3CCC4(CC3)SSC3(CC[N+](=c5cc(-c6ccc(Cl)cc6)ss5)CC3)S4)ss2)cc1. The van der Waals surface area contributed by atoms with Crippen molar-refractivity contribution in [3.63, 3.8) is 0 Å². The zero-order valence-electron chi connectivity index (χ0n) is 20.9. The van der Waals surface area contributed by atoms with Crippen molar-refractivity contribution in [1.82, 2.24) is 9.15 Å². The minimum Gasteiger partial charge on any atom is -0.220 e. The molecule has 0 atom stereocenters. The molecule has 202 valence electrons. The minimum absolute atomic E-state index is 0.371. The van der Waals surface area contributed by atoms with Gasteiger partial charge in [0.2, 0.25) is 0 Å². The molecular formula is C28H26Cl2N2S7+2. The molecule has 0 unspecified atom stereocenters. The van der Waals surface area contributed by atoms with Crippen LogP contribution < -0.4 is 18.5 Å². The Bertz CT molecular complexity index is 1490. The Hall–Kier alpha value is -0.230. The molecule has 2 aromatic heterocycles. The Morgan fingerprint density at radius 1 is 0.538 bits per heavy atom. The van der Waals surface area contributed by atoms with Gasteiger partial charge in [-0.25, -0.2) is 9.15 Å². The van der Waals surface area contributed by atoms with Gasteiger partial charge in [0.25, 0.3) is 9.34 Å². The van der Waals surface area contributed by atoms with Crippen LogP contribution in [0.3, 0.4) is 0 Å². The molecule has 3 aliphatic rings. The summed E-state index contributed by atoms with van der Waals surface area (Å²) in [5.41, 5.74) is 2.52. The second kappa shape index (κ2) is 11.5. The number of thioether (sulfide) groups is 1. The molecule has 4 aromatic rings. The molecule has 3 saturated heterocycles. The molecule has 0 radical (unpaired) electrons. The zero-order valence-corrected chi connectivity index (χ0v) is 28.2. The van der Waals surface area contributed by atoms with E-state index in [0.717, 1.165) is 36.2 Å². The van der Waals surface area contributed by atoms with Crippen molar-refractivity contribution in [3.05, 3.63) is 80.1 Å². The molecular weight excluding hydrogens is 660 g/mol. The first-order chi connectivity index (χ1) is 19.0. The van der Waals surface area contributed by atoms with Crippen LogP contribution in [0.2, 0.25) is 10.0 Å². The number of hydrogen-bond acceptors (Lipinski definition) is 7. The van der Waals surface area contributed by atoms with E-state index in [0.29, 0.717) is 8.16 Å². The van der Waals surface area contributed by atoms with Crippen LogP contribution in [0.1, 0.15) is 25.7 Å². The lowest BCUT2D eigenvalue weighted by atomic mass is 10.1. The van der Waals surface area contributed by atoms with Crippen LogP contribution >= 0.6 is 97.9 Å². The quantitative estimate of drug-likeness (QED) is 0.154. The molecule has 0 bridgehead atoms. The lowest BCUT2D eigenvalue weighted by Gasteiger charge is -2.33. The lowest BCUT2D eigenvalue weighted by Crippen LogP contribution is -2.44. The third-order valence-corrected chi connectivity index (χ3v) is 19.9. The van der Waals surface area contributed by atoms with E-state index in [4.69, 9.17) is 23.2 Å². The highest BCUT2D eigenvalue weighted by Crippen LogP contribution is 2.70. The Kier molecular flexibility index (Phi) is 8.10. The Balaban J connectivity index is 1.01. The number of hydrogen-bond donors (Lipinski definition) is 0. The molecule has 2 aromatic carbocycles. The molecule has 3 fully saturated rings. The van der Waals surface area contributed by atoms with Gasteiger partial charge in [-0.2, -0.15) is 0 Å². The first-order valence-corrected chi connectivity index (χ1v) is 21.0. The summed E-state index contributed by atoms with van der Waals surface area (Å²) in [5, 5.41) is 1.59. The third kappa shape index (κ3) is 5.87. The van der Waals surface area contributed by atoms with Gasteiger partial charge in [-0.1, -0.05) is 89.7 Å². The Morgan fingerprint density at radius 3 is 1.31 bits per heavy atom. The second-order valence-electron chi connectivity index (χ2n) is 10.1. The molecule has 0 saturated carbocycles. The smallest absolute Gasteiger partial charge is 0.220 e. The molecule has 5 heterocycles. The summed E-state index contributed by atoms with van der Waals surface area (Å²) >= 11 is 14.5. The van der Waals surface area contributed by atoms with E-state index in [9.17, 15) is 0 Å². The summed E-state index contributed by atoms with van der Waals surface area (Å²) in [5.74, 6) is 0. The summed E-state index contributed by atoms with van der Waals surface area (Å²) < 4.78 is 8.80. The number of nitrogens with zero attached hydrogens (tertiary/aromatic N) is 2. The van der Waals surface area contributed by atoms with E-state index in [1.807, 2.05) is 65.6 Å². The van der Waals surface area contributed by atoms with Crippen LogP contribution in [-0.4, -0.2) is 34.3 Å². The van der Waals surface area contributed by atoms with Gasteiger partial charge in [-0.05, 0) is 56.1 Å². The van der Waals surface area contributed by atoms with E-state index in [1.54, 1.807) is 0 Å². The van der Waals surface area contributed by atoms with Crippen molar-refractivity contribution in [2.75, 3.05) is 26.2 Å². The van der Waals surface area contributed by atoms with Gasteiger partial charge in [0.1, 0.15) is 26.2 Å². The summed E-state index contributed by atoms with van der Waals surface area (Å²) in [6.07, 6.45) is 5.04. The predicted molar refractivity (Wildman–Crippen MR) is 182 cm³/mol. The van der Waals surface area contributed by atoms with Gasteiger partial charge in [0.15, 0.2) is 0 Å². The zero-order chi connectivity index (χ0) is 26.5. The van der Waals surface area contributed by atoms with Crippen molar-refractivity contribution in [2.24, 2.45) is 0 Å². The van der Waals surface area contributed by atoms with E-state index >= 15 is 0 Å². The molecule has 3 aliphatic heterocycles. The average molecular weight is 686 g/mol. The van der Waals surface area contributed by atoms with E-state index < -0.39 is 0 Å². The van der Waals surface area contributed by atoms with E-state index in [2.05, 4.69) is 78.9 Å². The van der Waals surface area contributed by atoms with Crippen molar-refractivity contribution in [1.29, 1.82) is 0 Å². The van der Waals surface area contributed by atoms with Crippen LogP contribution in [-0.2, 0) is 0 Å². The van der Waals surface area contributed by atoms with Crippen LogP contribution in [0.15, 0.2) is 60.7 Å². The molecule has 2 nitrogen and oxygen atoms in total. The van der Waals surface area contributed by atoms with Crippen molar-refractivity contribution in [3.8, 4) is 20.9 Å². The summed E-state index contributed by atoms with van der Waals surface area (Å²) in [4.78, 5) is 2.68. The second-order valence-corrected chi connectivity index (χ2v) is 20.5. The van der Waals surface area contributed by atoms with Gasteiger partial charge < -0.3 is 0 Å². The summed E-state index contributed by atoms with van der Waals surface area (Å²) in [6.45, 7) is 4.61. The Labute approximate surface area is 265 Å². The third-order valence-electron chi connectivity index (χ3n) is 7.59. The summed E-state index contributed by atoms with van der Waals surface area (Å²) in [7, 11) is 12.0. The van der Waals surface area contributed by atoms with Crippen LogP contribution in [0.25, 0.3) is 20.9 Å². The first-order valence-electron chi connectivity index (χ1n) is 12.9. The molecule has 0 aliphatic carbocycles. The fraction of sp³-hybridized carbons (Fsp3) is 0.357. The van der Waals surface area contributed by atoms with Crippen molar-refractivity contribution < 1.29 is 0 Å². The molecule has 11 heteroatoms. The van der Waals surface area contributed by atoms with Crippen molar-refractivity contribution in [2.45, 2.75) is 33.8 Å². The highest BCUT2D eigenvalue weighted by molar-refractivity contribution is 8.83. The molecule has 7 rings (SSSR count). The van der Waals surface area contributed by atoms with Gasteiger partial charge >= 0.3 is 0 Å². The largest absolute Gasteiger partial charge is 0.267 e. The average Bonchev–Trinajstić information content (AvgIpc) is 3.71. The standard InChI is InChI=1S/C28H26Cl2N2S7/c29-21-5-1-19(2-6-21)23-17-25(35-33-23)31-13-9-27(10-14-31)37-28(39-38-27)11-15-32(16-12-28)26-18-24(34-36-26)20-3-7-22(30)8-4-20/h1-8,17-18H,9-16H2/q+2. The fourth-order valence-corrected chi connectivity index (χ4v) is 17.6. The fourth-order valence-electron chi connectivity index (χ4n) is 5.31. The Morgan fingerprint density at radius 2 is 0.923 bits per heavy atom. The highest BCUT2D eigenvalue weighted by Gasteiger charge is 2.54. The maximum atomic E-state index is 6.09. The van der Waals surface area contributed by atoms with Gasteiger partial charge in [0.05, 0.1) is 17.9 Å². The maximum Gasteiger partial charge on any atom is 0.267 e. The van der Waals surface area contributed by atoms with Gasteiger partial charge in [-0.15, -0.1) is 11.8 Å². The summed E-state index contributed by atoms with van der Waals surface area (Å²) in [6, 6.07) is 21.2. The predicted octanol–water partition coefficient (Wildman–Crippen LogP) is 8.93. The minimum atomic E-state index is 0.371. The topological polar surface area (TPSA) is 6.02 Å². The van der Waals surface area contributed by atoms with Crippen LogP contribution in [0.5, 0.6) is 0 Å². The number of rotatable bonds is 2. The normalized spacial score (nSPS) is 25.2. The number of halogens is 2. The molecule has 2 spiro atoms.